The van der Waals surface area contributed by atoms with E-state index in [-0.39, 0.29) is 11.6 Å². The summed E-state index contributed by atoms with van der Waals surface area (Å²) in [6.45, 7) is 4.26. The first kappa shape index (κ1) is 16.4. The molecule has 0 N–H and O–H groups in total. The van der Waals surface area contributed by atoms with Crippen molar-refractivity contribution in [2.24, 2.45) is 0 Å². The van der Waals surface area contributed by atoms with E-state index in [2.05, 4.69) is 4.98 Å². The lowest BCUT2D eigenvalue weighted by Crippen LogP contribution is -2.26. The van der Waals surface area contributed by atoms with Gasteiger partial charge in [-0.3, -0.25) is 14.9 Å². The van der Waals surface area contributed by atoms with E-state index < -0.39 is 4.92 Å². The van der Waals surface area contributed by atoms with Crippen LogP contribution >= 0.6 is 23.1 Å². The van der Waals surface area contributed by atoms with E-state index in [1.807, 2.05) is 19.2 Å². The molecule has 0 fully saturated rings. The maximum Gasteiger partial charge on any atom is 0.284 e. The Morgan fingerprint density at radius 1 is 1.50 bits per heavy atom. The van der Waals surface area contributed by atoms with E-state index in [1.165, 1.54) is 34.1 Å². The smallest absolute Gasteiger partial charge is 0.284 e. The first-order valence-electron chi connectivity index (χ1n) is 6.56. The number of nitro benzene ring substituents is 1. The van der Waals surface area contributed by atoms with Crippen molar-refractivity contribution in [2.45, 2.75) is 23.1 Å². The second-order valence-corrected chi connectivity index (χ2v) is 6.76. The number of nitrogens with zero attached hydrogens (tertiary/aromatic N) is 3. The maximum absolute atomic E-state index is 12.1. The van der Waals surface area contributed by atoms with Gasteiger partial charge in [-0.25, -0.2) is 4.98 Å². The Morgan fingerprint density at radius 3 is 2.77 bits per heavy atom. The molecule has 2 rings (SSSR count). The lowest BCUT2D eigenvalue weighted by atomic mass is 10.2. The lowest BCUT2D eigenvalue weighted by Gasteiger charge is -2.14. The zero-order valence-corrected chi connectivity index (χ0v) is 14.0. The van der Waals surface area contributed by atoms with Crippen LogP contribution in [0.1, 0.15) is 23.0 Å². The maximum atomic E-state index is 12.1. The molecule has 2 aromatic rings. The number of amides is 1. The fraction of sp³-hybridized carbons (Fsp3) is 0.286. The standard InChI is InChI=1S/C14H15N3O3S2/c1-4-16(3)13(18)10-5-6-12(11(7-10)17(19)20)22-14-15-9(2)8-21-14/h5-8H,4H2,1-3H3. The third-order valence-corrected chi connectivity index (χ3v) is 5.14. The zero-order valence-electron chi connectivity index (χ0n) is 12.4. The predicted octanol–water partition coefficient (Wildman–Crippen LogP) is 3.60. The van der Waals surface area contributed by atoms with Crippen LogP contribution in [0.4, 0.5) is 5.69 Å². The van der Waals surface area contributed by atoms with Gasteiger partial charge >= 0.3 is 0 Å². The summed E-state index contributed by atoms with van der Waals surface area (Å²) < 4.78 is 0.741. The van der Waals surface area contributed by atoms with Crippen molar-refractivity contribution in [1.82, 2.24) is 9.88 Å². The van der Waals surface area contributed by atoms with E-state index in [9.17, 15) is 14.9 Å². The number of nitro groups is 1. The van der Waals surface area contributed by atoms with Gasteiger partial charge in [0.05, 0.1) is 9.82 Å². The van der Waals surface area contributed by atoms with Crippen molar-refractivity contribution < 1.29 is 9.72 Å². The molecule has 0 aliphatic carbocycles. The van der Waals surface area contributed by atoms with E-state index in [0.717, 1.165) is 10.0 Å². The molecule has 0 saturated carbocycles. The van der Waals surface area contributed by atoms with Crippen molar-refractivity contribution >= 4 is 34.7 Å². The third-order valence-electron chi connectivity index (χ3n) is 3.02. The Hall–Kier alpha value is -1.93. The highest BCUT2D eigenvalue weighted by Gasteiger charge is 2.20. The van der Waals surface area contributed by atoms with Gasteiger partial charge in [0.1, 0.15) is 0 Å². The summed E-state index contributed by atoms with van der Waals surface area (Å²) in [6, 6.07) is 4.55. The zero-order chi connectivity index (χ0) is 16.3. The Labute approximate surface area is 136 Å². The molecule has 0 atom stereocenters. The van der Waals surface area contributed by atoms with Gasteiger partial charge in [-0.05, 0) is 26.0 Å². The van der Waals surface area contributed by atoms with Gasteiger partial charge in [-0.1, -0.05) is 11.8 Å². The molecule has 22 heavy (non-hydrogen) atoms. The van der Waals surface area contributed by atoms with Crippen LogP contribution in [0.15, 0.2) is 32.8 Å². The molecule has 1 heterocycles. The molecule has 0 aliphatic rings. The Kier molecular flexibility index (Phi) is 5.15. The molecule has 0 unspecified atom stereocenters. The molecule has 0 saturated heterocycles. The molecule has 0 radical (unpaired) electrons. The largest absolute Gasteiger partial charge is 0.342 e. The number of hydrogen-bond donors (Lipinski definition) is 0. The van der Waals surface area contributed by atoms with Gasteiger partial charge in [-0.2, -0.15) is 0 Å². The summed E-state index contributed by atoms with van der Waals surface area (Å²) in [5.41, 5.74) is 1.12. The Morgan fingerprint density at radius 2 is 2.23 bits per heavy atom. The monoisotopic (exact) mass is 337 g/mol. The second-order valence-electron chi connectivity index (χ2n) is 4.62. The van der Waals surface area contributed by atoms with Crippen LogP contribution in [-0.2, 0) is 0 Å². The fourth-order valence-corrected chi connectivity index (χ4v) is 3.60. The highest BCUT2D eigenvalue weighted by molar-refractivity contribution is 8.01. The first-order chi connectivity index (χ1) is 10.4. The normalized spacial score (nSPS) is 10.5. The van der Waals surface area contributed by atoms with E-state index in [1.54, 1.807) is 19.2 Å². The minimum atomic E-state index is -0.467. The number of carbonyl (C=O) groups is 1. The SMILES string of the molecule is CCN(C)C(=O)c1ccc(Sc2nc(C)cs2)c([N+](=O)[O-])c1. The van der Waals surface area contributed by atoms with Gasteiger partial charge < -0.3 is 4.90 Å². The van der Waals surface area contributed by atoms with Crippen molar-refractivity contribution in [2.75, 3.05) is 13.6 Å². The number of aromatic nitrogens is 1. The van der Waals surface area contributed by atoms with E-state index in [4.69, 9.17) is 0 Å². The summed E-state index contributed by atoms with van der Waals surface area (Å²) in [4.78, 5) is 29.2. The molecule has 1 aromatic carbocycles. The summed E-state index contributed by atoms with van der Waals surface area (Å²) in [6.07, 6.45) is 0. The van der Waals surface area contributed by atoms with Crippen LogP contribution < -0.4 is 0 Å². The van der Waals surface area contributed by atoms with Gasteiger partial charge in [0.15, 0.2) is 4.34 Å². The number of carbonyl (C=O) groups excluding carboxylic acids is 1. The molecule has 6 nitrogen and oxygen atoms in total. The van der Waals surface area contributed by atoms with Crippen molar-refractivity contribution in [3.63, 3.8) is 0 Å². The summed E-state index contributed by atoms with van der Waals surface area (Å²) in [5.74, 6) is -0.229. The van der Waals surface area contributed by atoms with E-state index >= 15 is 0 Å². The highest BCUT2D eigenvalue weighted by Crippen LogP contribution is 2.36. The van der Waals surface area contributed by atoms with Crippen molar-refractivity contribution in [1.29, 1.82) is 0 Å². The lowest BCUT2D eigenvalue weighted by molar-refractivity contribution is -0.387. The van der Waals surface area contributed by atoms with Gasteiger partial charge in [0.2, 0.25) is 0 Å². The Balaban J connectivity index is 2.35. The number of aryl methyl sites for hydroxylation is 1. The summed E-state index contributed by atoms with van der Waals surface area (Å²) in [7, 11) is 1.66. The molecule has 1 aromatic heterocycles. The highest BCUT2D eigenvalue weighted by atomic mass is 32.2. The van der Waals surface area contributed by atoms with Crippen molar-refractivity contribution in [3.8, 4) is 0 Å². The molecular formula is C14H15N3O3S2. The number of rotatable bonds is 5. The van der Waals surface area contributed by atoms with E-state index in [0.29, 0.717) is 17.0 Å². The minimum Gasteiger partial charge on any atom is -0.342 e. The topological polar surface area (TPSA) is 76.3 Å². The molecule has 8 heteroatoms. The van der Waals surface area contributed by atoms with Crippen molar-refractivity contribution in [3.05, 3.63) is 45.0 Å². The second kappa shape index (κ2) is 6.89. The molecule has 0 aliphatic heterocycles. The molecule has 0 spiro atoms. The first-order valence-corrected chi connectivity index (χ1v) is 8.26. The van der Waals surface area contributed by atoms with Gasteiger partial charge in [0, 0.05) is 36.3 Å². The van der Waals surface area contributed by atoms with Crippen LogP contribution in [0.5, 0.6) is 0 Å². The molecule has 116 valence electrons. The van der Waals surface area contributed by atoms with Crippen LogP contribution in [-0.4, -0.2) is 34.3 Å². The predicted molar refractivity (Wildman–Crippen MR) is 86.7 cm³/mol. The number of thiazole rings is 1. The molecular weight excluding hydrogens is 322 g/mol. The Bertz CT molecular complexity index is 715. The number of hydrogen-bond acceptors (Lipinski definition) is 6. The summed E-state index contributed by atoms with van der Waals surface area (Å²) >= 11 is 2.68. The third kappa shape index (κ3) is 3.63. The molecule has 0 bridgehead atoms. The fourth-order valence-electron chi connectivity index (χ4n) is 1.72. The quantitative estimate of drug-likeness (QED) is 0.615. The van der Waals surface area contributed by atoms with Gasteiger partial charge in [0.25, 0.3) is 11.6 Å². The minimum absolute atomic E-state index is 0.0757. The summed E-state index contributed by atoms with van der Waals surface area (Å²) in [5, 5.41) is 13.2. The van der Waals surface area contributed by atoms with Crippen LogP contribution in [0.25, 0.3) is 0 Å². The van der Waals surface area contributed by atoms with Crippen LogP contribution in [0, 0.1) is 17.0 Å². The molecule has 1 amide bonds. The van der Waals surface area contributed by atoms with Crippen LogP contribution in [0.3, 0.4) is 0 Å². The van der Waals surface area contributed by atoms with Gasteiger partial charge in [-0.15, -0.1) is 11.3 Å². The van der Waals surface area contributed by atoms with Crippen LogP contribution in [0.2, 0.25) is 0 Å². The number of benzene rings is 1. The average molecular weight is 337 g/mol. The average Bonchev–Trinajstić information content (AvgIpc) is 2.91.